The fraction of sp³-hybridized carbons (Fsp3) is 0.500. The smallest absolute Gasteiger partial charge is 0.238 e. The van der Waals surface area contributed by atoms with Gasteiger partial charge in [-0.15, -0.1) is 0 Å². The molecule has 1 heterocycles. The van der Waals surface area contributed by atoms with Gasteiger partial charge in [0.2, 0.25) is 5.91 Å². The molecule has 0 unspecified atom stereocenters. The van der Waals surface area contributed by atoms with Gasteiger partial charge in [-0.05, 0) is 25.1 Å². The Hall–Kier alpha value is -1.60. The zero-order valence-corrected chi connectivity index (χ0v) is 12.9. The number of amides is 1. The predicted octanol–water partition coefficient (Wildman–Crippen LogP) is 0.716. The molecule has 0 aromatic heterocycles. The molecule has 0 spiro atoms. The van der Waals surface area contributed by atoms with E-state index in [2.05, 4.69) is 0 Å². The lowest BCUT2D eigenvalue weighted by atomic mass is 10.3. The minimum atomic E-state index is -3.67. The molecule has 1 aliphatic rings. The van der Waals surface area contributed by atoms with Gasteiger partial charge in [-0.2, -0.15) is 0 Å². The molecule has 0 bridgehead atoms. The molecule has 116 valence electrons. The Balaban J connectivity index is 2.11. The van der Waals surface area contributed by atoms with Gasteiger partial charge in [-0.3, -0.25) is 4.79 Å². The summed E-state index contributed by atoms with van der Waals surface area (Å²) in [6, 6.07) is 6.13. The van der Waals surface area contributed by atoms with Crippen molar-refractivity contribution in [2.45, 2.75) is 17.9 Å². The van der Waals surface area contributed by atoms with Gasteiger partial charge in [0.25, 0.3) is 0 Å². The van der Waals surface area contributed by atoms with Crippen LogP contribution >= 0.6 is 0 Å². The molecule has 1 aromatic rings. The van der Waals surface area contributed by atoms with Crippen LogP contribution in [0.1, 0.15) is 6.92 Å². The molecule has 0 N–H and O–H groups in total. The number of nitrogens with zero attached hydrogens (tertiary/aromatic N) is 1. The minimum Gasteiger partial charge on any atom is -0.497 e. The van der Waals surface area contributed by atoms with Crippen molar-refractivity contribution in [2.75, 3.05) is 32.6 Å². The molecule has 2 rings (SSSR count). The molecule has 0 aliphatic carbocycles. The maximum atomic E-state index is 12.3. The highest BCUT2D eigenvalue weighted by atomic mass is 32.2. The van der Waals surface area contributed by atoms with Crippen molar-refractivity contribution in [3.05, 3.63) is 24.3 Å². The zero-order valence-electron chi connectivity index (χ0n) is 12.1. The van der Waals surface area contributed by atoms with Crippen LogP contribution in [0.15, 0.2) is 29.2 Å². The van der Waals surface area contributed by atoms with E-state index in [4.69, 9.17) is 9.47 Å². The van der Waals surface area contributed by atoms with Crippen LogP contribution in [0.25, 0.3) is 0 Å². The third kappa shape index (κ3) is 3.95. The zero-order chi connectivity index (χ0) is 15.5. The average Bonchev–Trinajstić information content (AvgIpc) is 2.47. The largest absolute Gasteiger partial charge is 0.497 e. The third-order valence-electron chi connectivity index (χ3n) is 3.31. The maximum Gasteiger partial charge on any atom is 0.238 e. The summed E-state index contributed by atoms with van der Waals surface area (Å²) in [5, 5.41) is 0. The van der Waals surface area contributed by atoms with E-state index in [9.17, 15) is 13.2 Å². The minimum absolute atomic E-state index is 0.0674. The Bertz CT molecular complexity index is 614. The first kappa shape index (κ1) is 15.8. The summed E-state index contributed by atoms with van der Waals surface area (Å²) in [6.45, 7) is 3.14. The number of sulfone groups is 1. The molecule has 1 saturated heterocycles. The van der Waals surface area contributed by atoms with E-state index in [0.29, 0.717) is 25.4 Å². The fourth-order valence-electron chi connectivity index (χ4n) is 2.18. The molecule has 1 aromatic carbocycles. The van der Waals surface area contributed by atoms with Crippen LogP contribution in [0.2, 0.25) is 0 Å². The fourth-order valence-corrected chi connectivity index (χ4v) is 3.43. The Kier molecular flexibility index (Phi) is 4.84. The summed E-state index contributed by atoms with van der Waals surface area (Å²) in [4.78, 5) is 13.8. The molecular formula is C14H19NO5S. The number of hydrogen-bond acceptors (Lipinski definition) is 5. The Labute approximate surface area is 124 Å². The third-order valence-corrected chi connectivity index (χ3v) is 4.91. The van der Waals surface area contributed by atoms with Crippen molar-refractivity contribution >= 4 is 15.7 Å². The van der Waals surface area contributed by atoms with E-state index >= 15 is 0 Å². The summed E-state index contributed by atoms with van der Waals surface area (Å²) < 4.78 is 35.0. The van der Waals surface area contributed by atoms with Gasteiger partial charge < -0.3 is 14.4 Å². The van der Waals surface area contributed by atoms with Crippen LogP contribution in [-0.4, -0.2) is 57.9 Å². The summed E-state index contributed by atoms with van der Waals surface area (Å²) in [7, 11) is -2.21. The number of hydrogen-bond donors (Lipinski definition) is 0. The van der Waals surface area contributed by atoms with E-state index in [0.717, 1.165) is 0 Å². The lowest BCUT2D eigenvalue weighted by molar-refractivity contribution is -0.135. The number of benzene rings is 1. The van der Waals surface area contributed by atoms with Gasteiger partial charge >= 0.3 is 0 Å². The van der Waals surface area contributed by atoms with Crippen molar-refractivity contribution in [1.82, 2.24) is 4.90 Å². The lowest BCUT2D eigenvalue weighted by Gasteiger charge is -2.31. The van der Waals surface area contributed by atoms with Crippen molar-refractivity contribution in [3.63, 3.8) is 0 Å². The van der Waals surface area contributed by atoms with Crippen molar-refractivity contribution in [3.8, 4) is 5.75 Å². The van der Waals surface area contributed by atoms with Crippen LogP contribution in [0.3, 0.4) is 0 Å². The summed E-state index contributed by atoms with van der Waals surface area (Å²) in [6.07, 6.45) is -0.0674. The monoisotopic (exact) mass is 313 g/mol. The first-order valence-corrected chi connectivity index (χ1v) is 8.34. The van der Waals surface area contributed by atoms with Crippen LogP contribution in [0, 0.1) is 0 Å². The first-order chi connectivity index (χ1) is 9.92. The molecule has 0 saturated carbocycles. The summed E-state index contributed by atoms with van der Waals surface area (Å²) >= 11 is 0. The predicted molar refractivity (Wildman–Crippen MR) is 77.0 cm³/mol. The molecule has 1 amide bonds. The highest BCUT2D eigenvalue weighted by Crippen LogP contribution is 2.19. The summed E-state index contributed by atoms with van der Waals surface area (Å²) in [5.74, 6) is -0.483. The van der Waals surface area contributed by atoms with Gasteiger partial charge in [0.05, 0.1) is 24.7 Å². The van der Waals surface area contributed by atoms with Crippen LogP contribution < -0.4 is 4.74 Å². The quantitative estimate of drug-likeness (QED) is 0.819. The van der Waals surface area contributed by atoms with Gasteiger partial charge in [0, 0.05) is 13.1 Å². The van der Waals surface area contributed by atoms with Crippen molar-refractivity contribution in [2.24, 2.45) is 0 Å². The Morgan fingerprint density at radius 1 is 1.48 bits per heavy atom. The topological polar surface area (TPSA) is 72.9 Å². The second kappa shape index (κ2) is 6.44. The number of carbonyl (C=O) groups is 1. The Morgan fingerprint density at radius 3 is 2.90 bits per heavy atom. The molecule has 1 aliphatic heterocycles. The molecule has 0 radical (unpaired) electrons. The van der Waals surface area contributed by atoms with Gasteiger partial charge in [-0.25, -0.2) is 8.42 Å². The van der Waals surface area contributed by atoms with E-state index in [-0.39, 0.29) is 11.0 Å². The number of morpholine rings is 1. The SMILES string of the molecule is COc1cccc(S(=O)(=O)CC(=O)N2CCO[C@@H](C)C2)c1. The highest BCUT2D eigenvalue weighted by molar-refractivity contribution is 7.92. The lowest BCUT2D eigenvalue weighted by Crippen LogP contribution is -2.46. The van der Waals surface area contributed by atoms with Gasteiger partial charge in [0.15, 0.2) is 9.84 Å². The molecular weight excluding hydrogens is 294 g/mol. The van der Waals surface area contributed by atoms with Crippen molar-refractivity contribution in [1.29, 1.82) is 0 Å². The van der Waals surface area contributed by atoms with Crippen LogP contribution in [0.5, 0.6) is 5.75 Å². The van der Waals surface area contributed by atoms with Crippen LogP contribution in [0.4, 0.5) is 0 Å². The molecule has 6 nitrogen and oxygen atoms in total. The van der Waals surface area contributed by atoms with Crippen LogP contribution in [-0.2, 0) is 19.4 Å². The highest BCUT2D eigenvalue weighted by Gasteiger charge is 2.27. The molecule has 21 heavy (non-hydrogen) atoms. The Morgan fingerprint density at radius 2 is 2.24 bits per heavy atom. The second-order valence-corrected chi connectivity index (χ2v) is 6.95. The van der Waals surface area contributed by atoms with E-state index in [1.165, 1.54) is 24.1 Å². The average molecular weight is 313 g/mol. The molecule has 1 atom stereocenters. The molecule has 1 fully saturated rings. The molecule has 7 heteroatoms. The standard InChI is InChI=1S/C14H19NO5S/c1-11-9-15(6-7-20-11)14(16)10-21(17,18)13-5-3-4-12(8-13)19-2/h3-5,8,11H,6-7,9-10H2,1-2H3/t11-/m0/s1. The van der Waals surface area contributed by atoms with Gasteiger partial charge in [-0.1, -0.05) is 6.07 Å². The van der Waals surface area contributed by atoms with E-state index < -0.39 is 21.5 Å². The second-order valence-electron chi connectivity index (χ2n) is 4.96. The normalized spacial score (nSPS) is 19.3. The van der Waals surface area contributed by atoms with E-state index in [1.807, 2.05) is 6.92 Å². The first-order valence-electron chi connectivity index (χ1n) is 6.68. The number of rotatable bonds is 4. The number of ether oxygens (including phenoxy) is 2. The van der Waals surface area contributed by atoms with E-state index in [1.54, 1.807) is 12.1 Å². The van der Waals surface area contributed by atoms with Gasteiger partial charge in [0.1, 0.15) is 11.5 Å². The number of carbonyl (C=O) groups excluding carboxylic acids is 1. The van der Waals surface area contributed by atoms with Crippen molar-refractivity contribution < 1.29 is 22.7 Å². The maximum absolute atomic E-state index is 12.3. The number of methoxy groups -OCH3 is 1. The summed E-state index contributed by atoms with van der Waals surface area (Å²) in [5.41, 5.74) is 0.